The number of hydrogen-bond donors (Lipinski definition) is 1. The highest BCUT2D eigenvalue weighted by atomic mass is 79.9. The number of hydrogen-bond acceptors (Lipinski definition) is 4. The Morgan fingerprint density at radius 2 is 1.82 bits per heavy atom. The molecule has 2 aromatic carbocycles. The van der Waals surface area contributed by atoms with Crippen molar-refractivity contribution in [3.05, 3.63) is 61.6 Å². The van der Waals surface area contributed by atoms with Crippen LogP contribution >= 0.6 is 27.5 Å². The predicted molar refractivity (Wildman–Crippen MR) is 87.8 cm³/mol. The Bertz CT molecular complexity index is 838. The van der Waals surface area contributed by atoms with Gasteiger partial charge >= 0.3 is 0 Å². The van der Waals surface area contributed by atoms with Gasteiger partial charge in [-0.1, -0.05) is 29.3 Å². The van der Waals surface area contributed by atoms with Crippen LogP contribution in [0, 0.1) is 17.0 Å². The molecule has 9 heteroatoms. The topological polar surface area (TPSA) is 89.3 Å². The van der Waals surface area contributed by atoms with E-state index in [1.165, 1.54) is 18.2 Å². The van der Waals surface area contributed by atoms with E-state index in [2.05, 4.69) is 20.7 Å². The molecule has 0 aliphatic heterocycles. The normalized spacial score (nSPS) is 11.2. The van der Waals surface area contributed by atoms with Crippen molar-refractivity contribution in [1.82, 2.24) is 0 Å². The molecule has 6 nitrogen and oxygen atoms in total. The van der Waals surface area contributed by atoms with Gasteiger partial charge in [-0.2, -0.15) is 0 Å². The molecule has 0 saturated heterocycles. The average Bonchev–Trinajstić information content (AvgIpc) is 2.41. The van der Waals surface area contributed by atoms with Crippen molar-refractivity contribution in [2.24, 2.45) is 0 Å². The van der Waals surface area contributed by atoms with E-state index in [-0.39, 0.29) is 20.1 Å². The van der Waals surface area contributed by atoms with Gasteiger partial charge in [-0.3, -0.25) is 14.8 Å². The fourth-order valence-corrected chi connectivity index (χ4v) is 3.84. The molecule has 116 valence electrons. The van der Waals surface area contributed by atoms with Gasteiger partial charge in [-0.05, 0) is 41.1 Å². The van der Waals surface area contributed by atoms with Crippen LogP contribution in [0.3, 0.4) is 0 Å². The Morgan fingerprint density at radius 1 is 1.23 bits per heavy atom. The zero-order chi connectivity index (χ0) is 16.5. The first-order valence-electron chi connectivity index (χ1n) is 5.93. The Kier molecular flexibility index (Phi) is 4.74. The molecule has 0 spiro atoms. The zero-order valence-corrected chi connectivity index (χ0v) is 14.4. The first-order chi connectivity index (χ1) is 10.2. The van der Waals surface area contributed by atoms with Crippen LogP contribution in [0.1, 0.15) is 5.56 Å². The SMILES string of the molecule is Cc1ccc(S(=O)(=O)Nc2c(Br)cc(Cl)cc2[N+](=O)[O-])cc1. The second-order valence-electron chi connectivity index (χ2n) is 4.46. The second kappa shape index (κ2) is 6.23. The van der Waals surface area contributed by atoms with Gasteiger partial charge < -0.3 is 0 Å². The van der Waals surface area contributed by atoms with Gasteiger partial charge in [-0.15, -0.1) is 0 Å². The molecule has 0 saturated carbocycles. The van der Waals surface area contributed by atoms with Gasteiger partial charge in [0.25, 0.3) is 15.7 Å². The first kappa shape index (κ1) is 16.7. The highest BCUT2D eigenvalue weighted by Crippen LogP contribution is 2.37. The van der Waals surface area contributed by atoms with Crippen molar-refractivity contribution in [1.29, 1.82) is 0 Å². The summed E-state index contributed by atoms with van der Waals surface area (Å²) >= 11 is 8.85. The molecule has 0 unspecified atom stereocenters. The molecular formula is C13H10BrClN2O4S. The van der Waals surface area contributed by atoms with Crippen LogP contribution in [0.4, 0.5) is 11.4 Å². The van der Waals surface area contributed by atoms with E-state index in [1.807, 2.05) is 6.92 Å². The standard InChI is InChI=1S/C13H10BrClN2O4S/c1-8-2-4-10(5-3-8)22(20,21)16-13-11(14)6-9(15)7-12(13)17(18)19/h2-7,16H,1H3. The summed E-state index contributed by atoms with van der Waals surface area (Å²) in [6.07, 6.45) is 0. The number of sulfonamides is 1. The number of benzene rings is 2. The van der Waals surface area contributed by atoms with E-state index in [4.69, 9.17) is 11.6 Å². The number of rotatable bonds is 4. The molecule has 2 rings (SSSR count). The lowest BCUT2D eigenvalue weighted by atomic mass is 10.2. The Labute approximate surface area is 140 Å². The average molecular weight is 406 g/mol. The van der Waals surface area contributed by atoms with Crippen LogP contribution in [0.5, 0.6) is 0 Å². The van der Waals surface area contributed by atoms with Crippen molar-refractivity contribution in [3.63, 3.8) is 0 Å². The molecule has 0 radical (unpaired) electrons. The van der Waals surface area contributed by atoms with Gasteiger partial charge in [0.1, 0.15) is 5.69 Å². The number of nitro groups is 1. The van der Waals surface area contributed by atoms with Crippen LogP contribution in [0.25, 0.3) is 0 Å². The Balaban J connectivity index is 2.50. The number of aryl methyl sites for hydroxylation is 1. The summed E-state index contributed by atoms with van der Waals surface area (Å²) in [6.45, 7) is 1.82. The summed E-state index contributed by atoms with van der Waals surface area (Å²) in [5.74, 6) is 0. The maximum atomic E-state index is 12.3. The third-order valence-electron chi connectivity index (χ3n) is 2.80. The van der Waals surface area contributed by atoms with E-state index in [9.17, 15) is 18.5 Å². The molecule has 0 heterocycles. The summed E-state index contributed by atoms with van der Waals surface area (Å²) < 4.78 is 27.1. The monoisotopic (exact) mass is 404 g/mol. The fraction of sp³-hybridized carbons (Fsp3) is 0.0769. The Hall–Kier alpha value is -1.64. The zero-order valence-electron chi connectivity index (χ0n) is 11.2. The van der Waals surface area contributed by atoms with Crippen molar-refractivity contribution < 1.29 is 13.3 Å². The van der Waals surface area contributed by atoms with Gasteiger partial charge in [-0.25, -0.2) is 8.42 Å². The molecule has 0 aliphatic carbocycles. The van der Waals surface area contributed by atoms with Crippen LogP contribution < -0.4 is 4.72 Å². The molecule has 1 N–H and O–H groups in total. The lowest BCUT2D eigenvalue weighted by Crippen LogP contribution is -2.14. The van der Waals surface area contributed by atoms with E-state index >= 15 is 0 Å². The molecule has 0 fully saturated rings. The first-order valence-corrected chi connectivity index (χ1v) is 8.59. The van der Waals surface area contributed by atoms with E-state index in [0.29, 0.717) is 0 Å². The van der Waals surface area contributed by atoms with E-state index < -0.39 is 20.6 Å². The summed E-state index contributed by atoms with van der Waals surface area (Å²) in [5.41, 5.74) is 0.294. The minimum absolute atomic E-state index is 0.00856. The van der Waals surface area contributed by atoms with Crippen LogP contribution in [-0.2, 0) is 10.0 Å². The number of nitro benzene ring substituents is 1. The Morgan fingerprint density at radius 3 is 2.36 bits per heavy atom. The smallest absolute Gasteiger partial charge is 0.272 e. The molecule has 0 aliphatic rings. The molecule has 0 atom stereocenters. The largest absolute Gasteiger partial charge is 0.295 e. The van der Waals surface area contributed by atoms with Crippen molar-refractivity contribution in [2.75, 3.05) is 4.72 Å². The summed E-state index contributed by atoms with van der Waals surface area (Å²) in [7, 11) is -3.95. The van der Waals surface area contributed by atoms with Gasteiger partial charge in [0.05, 0.1) is 14.3 Å². The van der Waals surface area contributed by atoms with Gasteiger partial charge in [0, 0.05) is 11.1 Å². The van der Waals surface area contributed by atoms with Gasteiger partial charge in [0.2, 0.25) is 0 Å². The van der Waals surface area contributed by atoms with Gasteiger partial charge in [0.15, 0.2) is 0 Å². The third kappa shape index (κ3) is 3.57. The number of halogens is 2. The minimum atomic E-state index is -3.95. The number of nitrogens with one attached hydrogen (secondary N) is 1. The van der Waals surface area contributed by atoms with Crippen LogP contribution in [-0.4, -0.2) is 13.3 Å². The maximum absolute atomic E-state index is 12.3. The van der Waals surface area contributed by atoms with Crippen LogP contribution in [0.2, 0.25) is 5.02 Å². The predicted octanol–water partition coefficient (Wildman–Crippen LogP) is 4.12. The quantitative estimate of drug-likeness (QED) is 0.612. The third-order valence-corrected chi connectivity index (χ3v) is 5.01. The highest BCUT2D eigenvalue weighted by molar-refractivity contribution is 9.10. The van der Waals surface area contributed by atoms with Crippen LogP contribution in [0.15, 0.2) is 45.8 Å². The highest BCUT2D eigenvalue weighted by Gasteiger charge is 2.24. The molecular weight excluding hydrogens is 396 g/mol. The minimum Gasteiger partial charge on any atom is -0.272 e. The fourth-order valence-electron chi connectivity index (χ4n) is 1.72. The molecule has 0 bridgehead atoms. The lowest BCUT2D eigenvalue weighted by Gasteiger charge is -2.11. The molecule has 0 aromatic heterocycles. The summed E-state index contributed by atoms with van der Waals surface area (Å²) in [6, 6.07) is 8.58. The molecule has 22 heavy (non-hydrogen) atoms. The maximum Gasteiger partial charge on any atom is 0.295 e. The number of nitrogens with zero attached hydrogens (tertiary/aromatic N) is 1. The van der Waals surface area contributed by atoms with Crippen molar-refractivity contribution in [2.45, 2.75) is 11.8 Å². The summed E-state index contributed by atoms with van der Waals surface area (Å²) in [4.78, 5) is 10.4. The van der Waals surface area contributed by atoms with E-state index in [0.717, 1.165) is 11.6 Å². The van der Waals surface area contributed by atoms with Crippen molar-refractivity contribution >= 4 is 48.9 Å². The molecule has 0 amide bonds. The second-order valence-corrected chi connectivity index (χ2v) is 7.43. The lowest BCUT2D eigenvalue weighted by molar-refractivity contribution is -0.383. The van der Waals surface area contributed by atoms with E-state index in [1.54, 1.807) is 12.1 Å². The van der Waals surface area contributed by atoms with Crippen molar-refractivity contribution in [3.8, 4) is 0 Å². The molecule has 2 aromatic rings. The number of anilines is 1. The summed E-state index contributed by atoms with van der Waals surface area (Å²) in [5, 5.41) is 11.2.